The van der Waals surface area contributed by atoms with Crippen molar-refractivity contribution in [3.8, 4) is 5.82 Å². The first-order valence-corrected chi connectivity index (χ1v) is 11.6. The molecule has 0 radical (unpaired) electrons. The first kappa shape index (κ1) is 24.4. The van der Waals surface area contributed by atoms with Gasteiger partial charge in [-0.25, -0.2) is 24.0 Å². The number of rotatable bonds is 7. The van der Waals surface area contributed by atoms with Gasteiger partial charge in [-0.3, -0.25) is 4.79 Å². The van der Waals surface area contributed by atoms with Crippen LogP contribution in [-0.4, -0.2) is 41.3 Å². The molecule has 4 heterocycles. The molecule has 13 heteroatoms. The fourth-order valence-electron chi connectivity index (χ4n) is 3.42. The maximum atomic E-state index is 12.7. The van der Waals surface area contributed by atoms with Gasteiger partial charge in [0, 0.05) is 30.8 Å². The topological polar surface area (TPSA) is 131 Å². The van der Waals surface area contributed by atoms with Crippen LogP contribution in [0, 0.1) is 0 Å². The summed E-state index contributed by atoms with van der Waals surface area (Å²) in [4.78, 5) is 32.8. The van der Waals surface area contributed by atoms with E-state index in [0.29, 0.717) is 41.0 Å². The van der Waals surface area contributed by atoms with Crippen LogP contribution in [0.1, 0.15) is 44.4 Å². The zero-order valence-corrected chi connectivity index (χ0v) is 20.7. The van der Waals surface area contributed by atoms with Gasteiger partial charge in [0.05, 0.1) is 40.7 Å². The summed E-state index contributed by atoms with van der Waals surface area (Å²) in [5, 5.41) is 17.4. The number of aromatic nitrogens is 6. The van der Waals surface area contributed by atoms with Gasteiger partial charge in [0.2, 0.25) is 5.91 Å². The van der Waals surface area contributed by atoms with Crippen molar-refractivity contribution in [1.29, 1.82) is 0 Å². The van der Waals surface area contributed by atoms with E-state index in [-0.39, 0.29) is 16.8 Å². The average Bonchev–Trinajstić information content (AvgIpc) is 3.42. The maximum absolute atomic E-state index is 12.7. The lowest BCUT2D eigenvalue weighted by molar-refractivity contribution is -0.120. The van der Waals surface area contributed by atoms with Crippen LogP contribution < -0.4 is 16.0 Å². The smallest absolute Gasteiger partial charge is 0.323 e. The predicted octanol–water partition coefficient (Wildman–Crippen LogP) is 4.41. The summed E-state index contributed by atoms with van der Waals surface area (Å²) in [6.45, 7) is 6.10. The van der Waals surface area contributed by atoms with Gasteiger partial charge in [0.15, 0.2) is 16.6 Å². The van der Waals surface area contributed by atoms with Crippen LogP contribution >= 0.6 is 23.2 Å². The fraction of sp³-hybridized carbons (Fsp3) is 0.273. The number of carbonyl (C=O) groups excluding carboxylic acids is 2. The van der Waals surface area contributed by atoms with E-state index in [2.05, 4.69) is 36.1 Å². The molecule has 11 nitrogen and oxygen atoms in total. The molecule has 4 rings (SSSR count). The number of nitrogens with zero attached hydrogens (tertiary/aromatic N) is 6. The molecular weight excluding hydrogens is 493 g/mol. The minimum Gasteiger partial charge on any atom is -0.352 e. The van der Waals surface area contributed by atoms with E-state index >= 15 is 0 Å². The molecule has 182 valence electrons. The number of hydrogen-bond acceptors (Lipinski definition) is 6. The Morgan fingerprint density at radius 3 is 2.60 bits per heavy atom. The first-order chi connectivity index (χ1) is 16.7. The van der Waals surface area contributed by atoms with Crippen molar-refractivity contribution in [2.24, 2.45) is 0 Å². The average molecular weight is 516 g/mol. The molecule has 0 aliphatic carbocycles. The van der Waals surface area contributed by atoms with Crippen molar-refractivity contribution in [3.63, 3.8) is 0 Å². The summed E-state index contributed by atoms with van der Waals surface area (Å²) in [5.74, 6) is 0.377. The summed E-state index contributed by atoms with van der Waals surface area (Å²) in [7, 11) is 0. The highest BCUT2D eigenvalue weighted by atomic mass is 35.5. The van der Waals surface area contributed by atoms with Gasteiger partial charge in [0.1, 0.15) is 0 Å². The van der Waals surface area contributed by atoms with Gasteiger partial charge < -0.3 is 16.0 Å². The molecule has 0 unspecified atom stereocenters. The van der Waals surface area contributed by atoms with Crippen LogP contribution in [0.2, 0.25) is 10.2 Å². The Bertz CT molecular complexity index is 1400. The van der Waals surface area contributed by atoms with Crippen LogP contribution in [0.4, 0.5) is 16.2 Å². The van der Waals surface area contributed by atoms with Crippen LogP contribution in [0.5, 0.6) is 0 Å². The van der Waals surface area contributed by atoms with E-state index in [1.807, 2.05) is 13.8 Å². The van der Waals surface area contributed by atoms with E-state index < -0.39 is 6.03 Å². The summed E-state index contributed by atoms with van der Waals surface area (Å²) in [5.41, 5.74) is 3.04. The Hall–Kier alpha value is -3.70. The van der Waals surface area contributed by atoms with Crippen LogP contribution in [0.15, 0.2) is 36.9 Å². The third kappa shape index (κ3) is 5.52. The van der Waals surface area contributed by atoms with Crippen molar-refractivity contribution >= 4 is 52.2 Å². The maximum Gasteiger partial charge on any atom is 0.323 e. The van der Waals surface area contributed by atoms with E-state index in [9.17, 15) is 9.59 Å². The van der Waals surface area contributed by atoms with Crippen molar-refractivity contribution in [2.75, 3.05) is 10.6 Å². The van der Waals surface area contributed by atoms with Crippen LogP contribution in [-0.2, 0) is 11.3 Å². The first-order valence-electron chi connectivity index (χ1n) is 10.8. The van der Waals surface area contributed by atoms with Crippen molar-refractivity contribution in [3.05, 3.63) is 58.4 Å². The summed E-state index contributed by atoms with van der Waals surface area (Å²) in [6, 6.07) is 2.72. The Balaban J connectivity index is 1.47. The summed E-state index contributed by atoms with van der Waals surface area (Å²) < 4.78 is 3.12. The van der Waals surface area contributed by atoms with Gasteiger partial charge >= 0.3 is 6.03 Å². The van der Waals surface area contributed by atoms with Gasteiger partial charge in [-0.15, -0.1) is 0 Å². The molecule has 0 aromatic carbocycles. The minimum atomic E-state index is -0.495. The SMILES string of the molecule is CCC(=O)NCc1cnn(-c2ncc(NC(=O)Nc3cnc4cc(Cl)nn4c3C(C)C)cc2Cl)c1. The fourth-order valence-corrected chi connectivity index (χ4v) is 3.85. The second kappa shape index (κ2) is 10.3. The molecule has 0 atom stereocenters. The Morgan fingerprint density at radius 1 is 1.09 bits per heavy atom. The van der Waals surface area contributed by atoms with Gasteiger partial charge in [0.25, 0.3) is 0 Å². The number of nitrogens with one attached hydrogen (secondary N) is 3. The highest BCUT2D eigenvalue weighted by Crippen LogP contribution is 2.26. The molecule has 4 aromatic rings. The Morgan fingerprint density at radius 2 is 1.89 bits per heavy atom. The molecule has 35 heavy (non-hydrogen) atoms. The molecule has 0 spiro atoms. The molecule has 0 bridgehead atoms. The predicted molar refractivity (Wildman–Crippen MR) is 133 cm³/mol. The lowest BCUT2D eigenvalue weighted by Gasteiger charge is -2.15. The highest BCUT2D eigenvalue weighted by Gasteiger charge is 2.17. The van der Waals surface area contributed by atoms with Crippen molar-refractivity contribution < 1.29 is 9.59 Å². The zero-order chi connectivity index (χ0) is 25.1. The number of urea groups is 1. The molecule has 0 aliphatic rings. The largest absolute Gasteiger partial charge is 0.352 e. The number of anilines is 2. The van der Waals surface area contributed by atoms with Crippen molar-refractivity contribution in [1.82, 2.24) is 34.7 Å². The molecule has 0 aliphatic heterocycles. The van der Waals surface area contributed by atoms with E-state index in [4.69, 9.17) is 23.2 Å². The second-order valence-electron chi connectivity index (χ2n) is 7.98. The van der Waals surface area contributed by atoms with Crippen LogP contribution in [0.3, 0.4) is 0 Å². The molecule has 3 amide bonds. The Kier molecular flexibility index (Phi) is 7.17. The normalized spacial score (nSPS) is 11.1. The quantitative estimate of drug-likeness (QED) is 0.334. The lowest BCUT2D eigenvalue weighted by atomic mass is 10.1. The highest BCUT2D eigenvalue weighted by molar-refractivity contribution is 6.32. The summed E-state index contributed by atoms with van der Waals surface area (Å²) >= 11 is 12.4. The van der Waals surface area contributed by atoms with Gasteiger partial charge in [-0.05, 0) is 12.0 Å². The van der Waals surface area contributed by atoms with Gasteiger partial charge in [-0.1, -0.05) is 44.0 Å². The zero-order valence-electron chi connectivity index (χ0n) is 19.2. The third-order valence-electron chi connectivity index (χ3n) is 5.03. The van der Waals surface area contributed by atoms with E-state index in [1.165, 1.54) is 10.9 Å². The molecule has 0 saturated carbocycles. The minimum absolute atomic E-state index is 0.0383. The molecule has 3 N–H and O–H groups in total. The lowest BCUT2D eigenvalue weighted by Crippen LogP contribution is -2.22. The molecule has 0 fully saturated rings. The monoisotopic (exact) mass is 515 g/mol. The third-order valence-corrected chi connectivity index (χ3v) is 5.49. The molecule has 4 aromatic heterocycles. The number of carbonyl (C=O) groups is 2. The summed E-state index contributed by atoms with van der Waals surface area (Å²) in [6.07, 6.45) is 6.79. The number of hydrogen-bond donors (Lipinski definition) is 3. The van der Waals surface area contributed by atoms with Gasteiger partial charge in [-0.2, -0.15) is 10.2 Å². The number of halogens is 2. The molecule has 0 saturated heterocycles. The molecular formula is C22H23Cl2N9O2. The standard InChI is InChI=1S/C22H23Cl2N9O2/c1-4-19(34)26-7-13-8-28-32(11-13)21-15(23)5-14(9-27-21)29-22(35)30-16-10-25-18-6-17(24)31-33(18)20(16)12(2)3/h5-6,8-12H,4,7H2,1-3H3,(H,26,34)(H2,29,30,35). The Labute approximate surface area is 210 Å². The number of fused-ring (bicyclic) bond motifs is 1. The van der Waals surface area contributed by atoms with Crippen molar-refractivity contribution in [2.45, 2.75) is 39.7 Å². The van der Waals surface area contributed by atoms with Crippen LogP contribution in [0.25, 0.3) is 11.5 Å². The second-order valence-corrected chi connectivity index (χ2v) is 8.78. The number of amides is 3. The van der Waals surface area contributed by atoms with E-state index in [1.54, 1.807) is 42.2 Å². The number of pyridine rings is 1. The van der Waals surface area contributed by atoms with E-state index in [0.717, 1.165) is 11.3 Å².